The fourth-order valence-electron chi connectivity index (χ4n) is 4.24. The molecule has 1 aromatic carbocycles. The van der Waals surface area contributed by atoms with E-state index in [-0.39, 0.29) is 11.3 Å². The summed E-state index contributed by atoms with van der Waals surface area (Å²) < 4.78 is 9.04. The molecule has 4 heterocycles. The van der Waals surface area contributed by atoms with Gasteiger partial charge in [0.25, 0.3) is 5.91 Å². The van der Waals surface area contributed by atoms with Crippen LogP contribution in [0.25, 0.3) is 22.2 Å². The van der Waals surface area contributed by atoms with Gasteiger partial charge in [-0.05, 0) is 30.7 Å². The Hall–Kier alpha value is -2.70. The van der Waals surface area contributed by atoms with E-state index in [0.717, 1.165) is 44.8 Å². The van der Waals surface area contributed by atoms with Crippen LogP contribution in [0.5, 0.6) is 0 Å². The molecule has 3 aromatic rings. The molecule has 138 valence electrons. The number of hydrogen-bond acceptors (Lipinski definition) is 4. The molecule has 0 amide bonds. The minimum absolute atomic E-state index is 0.0594. The van der Waals surface area contributed by atoms with Crippen LogP contribution in [0.3, 0.4) is 0 Å². The SMILES string of the molecule is O=C1c2c(c(=O)c3ccccc3n2CCCN2CCOCC2)-c2cccn21. The van der Waals surface area contributed by atoms with Crippen molar-refractivity contribution in [3.8, 4) is 11.3 Å². The van der Waals surface area contributed by atoms with Gasteiger partial charge in [0.2, 0.25) is 0 Å². The average molecular weight is 363 g/mol. The summed E-state index contributed by atoms with van der Waals surface area (Å²) >= 11 is 0. The topological polar surface area (TPSA) is 56.5 Å². The average Bonchev–Trinajstić information content (AvgIpc) is 3.28. The van der Waals surface area contributed by atoms with Crippen LogP contribution in [-0.4, -0.2) is 52.8 Å². The molecular weight excluding hydrogens is 342 g/mol. The van der Waals surface area contributed by atoms with Crippen LogP contribution in [0.1, 0.15) is 16.9 Å². The summed E-state index contributed by atoms with van der Waals surface area (Å²) in [6, 6.07) is 11.3. The number of para-hydroxylation sites is 1. The standard InChI is InChI=1S/C21H21N3O3/c25-20-15-5-1-2-6-16(15)23(10-4-8-22-11-13-27-14-12-22)19-18(20)17-7-3-9-24(17)21(19)26/h1-3,5-7,9H,4,8,10-14H2. The Morgan fingerprint density at radius 2 is 1.78 bits per heavy atom. The Bertz CT molecular complexity index is 1090. The highest BCUT2D eigenvalue weighted by molar-refractivity contribution is 6.09. The molecule has 1 saturated heterocycles. The van der Waals surface area contributed by atoms with Gasteiger partial charge in [0.15, 0.2) is 5.43 Å². The lowest BCUT2D eigenvalue weighted by Gasteiger charge is -2.27. The second kappa shape index (κ2) is 6.48. The first-order valence-corrected chi connectivity index (χ1v) is 9.44. The Morgan fingerprint density at radius 3 is 2.63 bits per heavy atom. The number of carbonyl (C=O) groups is 1. The summed E-state index contributed by atoms with van der Waals surface area (Å²) in [5.74, 6) is -0.112. The third-order valence-electron chi connectivity index (χ3n) is 5.56. The van der Waals surface area contributed by atoms with Crippen LogP contribution >= 0.6 is 0 Å². The maximum atomic E-state index is 13.1. The number of aromatic nitrogens is 2. The Kier molecular flexibility index (Phi) is 3.95. The molecule has 2 aliphatic rings. The van der Waals surface area contributed by atoms with Crippen molar-refractivity contribution in [3.05, 3.63) is 58.5 Å². The monoisotopic (exact) mass is 363 g/mol. The van der Waals surface area contributed by atoms with Crippen molar-refractivity contribution in [1.29, 1.82) is 0 Å². The fourth-order valence-corrected chi connectivity index (χ4v) is 4.24. The quantitative estimate of drug-likeness (QED) is 0.558. The lowest BCUT2D eigenvalue weighted by atomic mass is 10.1. The van der Waals surface area contributed by atoms with E-state index in [4.69, 9.17) is 4.74 Å². The number of pyridine rings is 1. The van der Waals surface area contributed by atoms with Gasteiger partial charge in [0, 0.05) is 37.8 Å². The number of benzene rings is 1. The molecule has 1 fully saturated rings. The Morgan fingerprint density at radius 1 is 0.963 bits per heavy atom. The van der Waals surface area contributed by atoms with E-state index in [9.17, 15) is 9.59 Å². The number of nitrogens with zero attached hydrogens (tertiary/aromatic N) is 3. The zero-order chi connectivity index (χ0) is 18.4. The molecule has 6 heteroatoms. The largest absolute Gasteiger partial charge is 0.379 e. The summed E-state index contributed by atoms with van der Waals surface area (Å²) in [6.07, 6.45) is 2.65. The van der Waals surface area contributed by atoms with Gasteiger partial charge in [-0.1, -0.05) is 12.1 Å². The van der Waals surface area contributed by atoms with Crippen LogP contribution in [-0.2, 0) is 11.3 Å². The zero-order valence-corrected chi connectivity index (χ0v) is 15.1. The Balaban J connectivity index is 1.58. The van der Waals surface area contributed by atoms with Gasteiger partial charge in [-0.3, -0.25) is 19.1 Å². The van der Waals surface area contributed by atoms with E-state index >= 15 is 0 Å². The van der Waals surface area contributed by atoms with Crippen molar-refractivity contribution in [3.63, 3.8) is 0 Å². The van der Waals surface area contributed by atoms with E-state index in [1.165, 1.54) is 0 Å². The van der Waals surface area contributed by atoms with Crippen molar-refractivity contribution in [2.24, 2.45) is 0 Å². The third kappa shape index (κ3) is 2.56. The predicted octanol–water partition coefficient (Wildman–Crippen LogP) is 2.19. The zero-order valence-electron chi connectivity index (χ0n) is 15.1. The van der Waals surface area contributed by atoms with Crippen molar-refractivity contribution in [1.82, 2.24) is 14.0 Å². The van der Waals surface area contributed by atoms with Crippen LogP contribution < -0.4 is 5.43 Å². The lowest BCUT2D eigenvalue weighted by molar-refractivity contribution is 0.0369. The molecule has 27 heavy (non-hydrogen) atoms. The first kappa shape index (κ1) is 16.5. The number of rotatable bonds is 4. The molecule has 2 aromatic heterocycles. The molecule has 0 atom stereocenters. The highest BCUT2D eigenvalue weighted by Crippen LogP contribution is 2.32. The summed E-state index contributed by atoms with van der Waals surface area (Å²) in [4.78, 5) is 28.5. The van der Waals surface area contributed by atoms with E-state index in [2.05, 4.69) is 4.90 Å². The summed E-state index contributed by atoms with van der Waals surface area (Å²) in [7, 11) is 0. The minimum Gasteiger partial charge on any atom is -0.379 e. The van der Waals surface area contributed by atoms with Gasteiger partial charge in [0.05, 0.1) is 30.0 Å². The minimum atomic E-state index is -0.112. The van der Waals surface area contributed by atoms with Crippen molar-refractivity contribution >= 4 is 16.8 Å². The number of ether oxygens (including phenoxy) is 1. The number of aryl methyl sites for hydroxylation is 1. The van der Waals surface area contributed by atoms with E-state index in [1.807, 2.05) is 41.0 Å². The molecule has 0 radical (unpaired) electrons. The van der Waals surface area contributed by atoms with Crippen molar-refractivity contribution in [2.75, 3.05) is 32.8 Å². The summed E-state index contributed by atoms with van der Waals surface area (Å²) in [6.45, 7) is 5.13. The molecule has 6 nitrogen and oxygen atoms in total. The second-order valence-electron chi connectivity index (χ2n) is 7.10. The Labute approximate surface area is 156 Å². The first-order valence-electron chi connectivity index (χ1n) is 9.44. The maximum Gasteiger partial charge on any atom is 0.279 e. The van der Waals surface area contributed by atoms with Gasteiger partial charge in [-0.15, -0.1) is 0 Å². The van der Waals surface area contributed by atoms with E-state index in [0.29, 0.717) is 28.9 Å². The fraction of sp³-hybridized carbons (Fsp3) is 0.333. The molecular formula is C21H21N3O3. The number of fused-ring (bicyclic) bond motifs is 4. The van der Waals surface area contributed by atoms with Gasteiger partial charge in [-0.2, -0.15) is 0 Å². The van der Waals surface area contributed by atoms with Crippen LogP contribution in [0.2, 0.25) is 0 Å². The maximum absolute atomic E-state index is 13.1. The molecule has 0 aliphatic carbocycles. The molecule has 0 unspecified atom stereocenters. The van der Waals surface area contributed by atoms with Crippen molar-refractivity contribution in [2.45, 2.75) is 13.0 Å². The van der Waals surface area contributed by atoms with E-state index < -0.39 is 0 Å². The van der Waals surface area contributed by atoms with Gasteiger partial charge in [-0.25, -0.2) is 0 Å². The van der Waals surface area contributed by atoms with Crippen LogP contribution in [0, 0.1) is 0 Å². The van der Waals surface area contributed by atoms with Crippen LogP contribution in [0.4, 0.5) is 0 Å². The van der Waals surface area contributed by atoms with Gasteiger partial charge in [0.1, 0.15) is 5.69 Å². The van der Waals surface area contributed by atoms with E-state index in [1.54, 1.807) is 10.8 Å². The number of carbonyl (C=O) groups excluding carboxylic acids is 1. The summed E-state index contributed by atoms with van der Waals surface area (Å²) in [5.41, 5.74) is 2.54. The second-order valence-corrected chi connectivity index (χ2v) is 7.10. The number of hydrogen-bond donors (Lipinski definition) is 0. The molecule has 0 bridgehead atoms. The van der Waals surface area contributed by atoms with Gasteiger partial charge >= 0.3 is 0 Å². The number of morpholine rings is 1. The third-order valence-corrected chi connectivity index (χ3v) is 5.56. The highest BCUT2D eigenvalue weighted by Gasteiger charge is 2.32. The molecule has 0 N–H and O–H groups in total. The highest BCUT2D eigenvalue weighted by atomic mass is 16.5. The smallest absolute Gasteiger partial charge is 0.279 e. The van der Waals surface area contributed by atoms with Gasteiger partial charge < -0.3 is 9.30 Å². The summed E-state index contributed by atoms with van der Waals surface area (Å²) in [5, 5.41) is 0.671. The molecule has 0 spiro atoms. The van der Waals surface area contributed by atoms with Crippen LogP contribution in [0.15, 0.2) is 47.4 Å². The molecule has 5 rings (SSSR count). The molecule has 2 aliphatic heterocycles. The normalized spacial score (nSPS) is 16.7. The first-order chi connectivity index (χ1) is 13.3. The predicted molar refractivity (Wildman–Crippen MR) is 103 cm³/mol. The van der Waals surface area contributed by atoms with Crippen molar-refractivity contribution < 1.29 is 9.53 Å². The lowest BCUT2D eigenvalue weighted by Crippen LogP contribution is -2.37. The molecule has 0 saturated carbocycles.